The van der Waals surface area contributed by atoms with Crippen LogP contribution in [-0.4, -0.2) is 50.5 Å². The third kappa shape index (κ3) is 8.27. The molecular weight excluding hydrogens is 533 g/mol. The molecule has 2 aromatic rings. The van der Waals surface area contributed by atoms with Crippen LogP contribution < -0.4 is 9.62 Å². The van der Waals surface area contributed by atoms with Crippen LogP contribution in [0.15, 0.2) is 42.5 Å². The SMILES string of the molecule is CC[C@@H](C(=O)NCC(C)C)N(Cc1ccc(Cl)cc1Cl)C(=O)CN(c1ccccc1Cl)S(C)(=O)=O. The van der Waals surface area contributed by atoms with Crippen molar-refractivity contribution in [3.63, 3.8) is 0 Å². The van der Waals surface area contributed by atoms with Gasteiger partial charge in [-0.2, -0.15) is 0 Å². The molecule has 7 nitrogen and oxygen atoms in total. The number of amides is 2. The first kappa shape index (κ1) is 29.2. The van der Waals surface area contributed by atoms with E-state index in [-0.39, 0.29) is 29.1 Å². The lowest BCUT2D eigenvalue weighted by Gasteiger charge is -2.33. The zero-order valence-corrected chi connectivity index (χ0v) is 23.2. The molecule has 0 aliphatic heterocycles. The van der Waals surface area contributed by atoms with Crippen molar-refractivity contribution < 1.29 is 18.0 Å². The van der Waals surface area contributed by atoms with Gasteiger partial charge in [0.15, 0.2) is 0 Å². The minimum atomic E-state index is -3.87. The standard InChI is InChI=1S/C24H30Cl3N3O4S/c1-5-21(24(32)28-13-16(2)3)29(14-17-10-11-18(25)12-20(17)27)23(31)15-30(35(4,33)34)22-9-7-6-8-19(22)26/h6-12,16,21H,5,13-15H2,1-4H3,(H,28,32)/t21-/m0/s1. The minimum Gasteiger partial charge on any atom is -0.354 e. The van der Waals surface area contributed by atoms with Crippen LogP contribution in [0.5, 0.6) is 0 Å². The molecule has 192 valence electrons. The molecule has 0 aliphatic carbocycles. The monoisotopic (exact) mass is 561 g/mol. The van der Waals surface area contributed by atoms with Crippen molar-refractivity contribution in [2.45, 2.75) is 39.8 Å². The summed E-state index contributed by atoms with van der Waals surface area (Å²) >= 11 is 18.6. The fraction of sp³-hybridized carbons (Fsp3) is 0.417. The topological polar surface area (TPSA) is 86.8 Å². The molecular formula is C24H30Cl3N3O4S. The number of halogens is 3. The first-order chi connectivity index (χ1) is 16.3. The third-order valence-corrected chi connectivity index (χ3v) is 7.26. The molecule has 0 aliphatic rings. The van der Waals surface area contributed by atoms with E-state index in [9.17, 15) is 18.0 Å². The van der Waals surface area contributed by atoms with E-state index in [1.165, 1.54) is 11.0 Å². The van der Waals surface area contributed by atoms with E-state index >= 15 is 0 Å². The second kappa shape index (κ2) is 12.8. The largest absolute Gasteiger partial charge is 0.354 e. The van der Waals surface area contributed by atoms with Crippen LogP contribution >= 0.6 is 34.8 Å². The molecule has 0 saturated heterocycles. The molecule has 0 fully saturated rings. The Hall–Kier alpha value is -2.00. The van der Waals surface area contributed by atoms with Crippen LogP contribution in [0.4, 0.5) is 5.69 Å². The van der Waals surface area contributed by atoms with Gasteiger partial charge in [-0.05, 0) is 42.2 Å². The molecule has 2 rings (SSSR count). The number of carbonyl (C=O) groups is 2. The van der Waals surface area contributed by atoms with Gasteiger partial charge in [0.25, 0.3) is 0 Å². The number of rotatable bonds is 11. The fourth-order valence-electron chi connectivity index (χ4n) is 3.42. The number of benzene rings is 2. The minimum absolute atomic E-state index is 0.0113. The van der Waals surface area contributed by atoms with Crippen LogP contribution in [0.25, 0.3) is 0 Å². The number of hydrogen-bond donors (Lipinski definition) is 1. The van der Waals surface area contributed by atoms with Crippen molar-refractivity contribution in [1.82, 2.24) is 10.2 Å². The summed E-state index contributed by atoms with van der Waals surface area (Å²) in [6, 6.07) is 10.4. The van der Waals surface area contributed by atoms with E-state index in [2.05, 4.69) is 5.32 Å². The Kier molecular flexibility index (Phi) is 10.7. The lowest BCUT2D eigenvalue weighted by molar-refractivity contribution is -0.140. The summed E-state index contributed by atoms with van der Waals surface area (Å²) in [6.45, 7) is 5.60. The lowest BCUT2D eigenvalue weighted by Crippen LogP contribution is -2.52. The van der Waals surface area contributed by atoms with Gasteiger partial charge in [-0.25, -0.2) is 8.42 Å². The Labute approximate surface area is 222 Å². The summed E-state index contributed by atoms with van der Waals surface area (Å²) in [4.78, 5) is 28.0. The molecule has 1 atom stereocenters. The van der Waals surface area contributed by atoms with Crippen LogP contribution in [-0.2, 0) is 26.2 Å². The van der Waals surface area contributed by atoms with Crippen molar-refractivity contribution in [1.29, 1.82) is 0 Å². The normalized spacial score (nSPS) is 12.3. The highest BCUT2D eigenvalue weighted by atomic mass is 35.5. The van der Waals surface area contributed by atoms with Gasteiger partial charge >= 0.3 is 0 Å². The molecule has 2 amide bonds. The van der Waals surface area contributed by atoms with E-state index in [1.807, 2.05) is 13.8 Å². The summed E-state index contributed by atoms with van der Waals surface area (Å²) in [6.07, 6.45) is 1.31. The molecule has 0 heterocycles. The summed E-state index contributed by atoms with van der Waals surface area (Å²) in [5, 5.41) is 3.81. The lowest BCUT2D eigenvalue weighted by atomic mass is 10.1. The molecule has 0 aromatic heterocycles. The Bertz CT molecular complexity index is 1160. The maximum absolute atomic E-state index is 13.6. The molecule has 0 saturated carbocycles. The zero-order chi connectivity index (χ0) is 26.3. The van der Waals surface area contributed by atoms with Crippen LogP contribution in [0.2, 0.25) is 15.1 Å². The van der Waals surface area contributed by atoms with Gasteiger partial charge in [0, 0.05) is 23.1 Å². The molecule has 2 aromatic carbocycles. The Morgan fingerprint density at radius 3 is 2.23 bits per heavy atom. The first-order valence-corrected chi connectivity index (χ1v) is 14.1. The number of nitrogens with zero attached hydrogens (tertiary/aromatic N) is 2. The van der Waals surface area contributed by atoms with Crippen molar-refractivity contribution in [3.05, 3.63) is 63.1 Å². The predicted molar refractivity (Wildman–Crippen MR) is 143 cm³/mol. The smallest absolute Gasteiger partial charge is 0.244 e. The average Bonchev–Trinajstić information content (AvgIpc) is 2.77. The Balaban J connectivity index is 2.47. The Morgan fingerprint density at radius 2 is 1.69 bits per heavy atom. The summed E-state index contributed by atoms with van der Waals surface area (Å²) < 4.78 is 26.2. The van der Waals surface area contributed by atoms with Crippen molar-refractivity contribution in [2.24, 2.45) is 5.92 Å². The third-order valence-electron chi connectivity index (χ3n) is 5.23. The highest BCUT2D eigenvalue weighted by Crippen LogP contribution is 2.28. The second-order valence-electron chi connectivity index (χ2n) is 8.54. The van der Waals surface area contributed by atoms with Gasteiger partial charge in [0.1, 0.15) is 12.6 Å². The fourth-order valence-corrected chi connectivity index (χ4v) is 5.04. The number of sulfonamides is 1. The first-order valence-electron chi connectivity index (χ1n) is 11.1. The maximum atomic E-state index is 13.6. The number of anilines is 1. The number of hydrogen-bond acceptors (Lipinski definition) is 4. The summed E-state index contributed by atoms with van der Waals surface area (Å²) in [7, 11) is -3.87. The van der Waals surface area contributed by atoms with E-state index in [1.54, 1.807) is 43.3 Å². The quantitative estimate of drug-likeness (QED) is 0.418. The molecule has 0 unspecified atom stereocenters. The van der Waals surface area contributed by atoms with Crippen molar-refractivity contribution in [2.75, 3.05) is 23.7 Å². The zero-order valence-electron chi connectivity index (χ0n) is 20.1. The molecule has 0 radical (unpaired) electrons. The molecule has 35 heavy (non-hydrogen) atoms. The van der Waals surface area contributed by atoms with Gasteiger partial charge in [0.05, 0.1) is 17.0 Å². The van der Waals surface area contributed by atoms with Crippen LogP contribution in [0.3, 0.4) is 0 Å². The van der Waals surface area contributed by atoms with Crippen molar-refractivity contribution >= 4 is 62.3 Å². The van der Waals surface area contributed by atoms with Gasteiger partial charge in [-0.15, -0.1) is 0 Å². The van der Waals surface area contributed by atoms with E-state index in [4.69, 9.17) is 34.8 Å². The van der Waals surface area contributed by atoms with E-state index in [0.717, 1.165) is 10.6 Å². The highest BCUT2D eigenvalue weighted by molar-refractivity contribution is 7.92. The summed E-state index contributed by atoms with van der Waals surface area (Å²) in [5.74, 6) is -0.691. The molecule has 0 spiro atoms. The number of nitrogens with one attached hydrogen (secondary N) is 1. The van der Waals surface area contributed by atoms with Crippen LogP contribution in [0.1, 0.15) is 32.8 Å². The average molecular weight is 563 g/mol. The van der Waals surface area contributed by atoms with Gasteiger partial charge in [0.2, 0.25) is 21.8 Å². The number of para-hydroxylation sites is 1. The maximum Gasteiger partial charge on any atom is 0.244 e. The van der Waals surface area contributed by atoms with Gasteiger partial charge < -0.3 is 10.2 Å². The van der Waals surface area contributed by atoms with Gasteiger partial charge in [-0.3, -0.25) is 13.9 Å². The Morgan fingerprint density at radius 1 is 1.03 bits per heavy atom. The number of carbonyl (C=O) groups excluding carboxylic acids is 2. The van der Waals surface area contributed by atoms with Crippen LogP contribution in [0, 0.1) is 5.92 Å². The molecule has 11 heteroatoms. The second-order valence-corrected chi connectivity index (χ2v) is 11.7. The van der Waals surface area contributed by atoms with E-state index in [0.29, 0.717) is 28.6 Å². The van der Waals surface area contributed by atoms with E-state index < -0.39 is 28.5 Å². The predicted octanol–water partition coefficient (Wildman–Crippen LogP) is 4.99. The molecule has 1 N–H and O–H groups in total. The van der Waals surface area contributed by atoms with Crippen molar-refractivity contribution in [3.8, 4) is 0 Å². The highest BCUT2D eigenvalue weighted by Gasteiger charge is 2.32. The molecule has 0 bridgehead atoms. The summed E-state index contributed by atoms with van der Waals surface area (Å²) in [5.41, 5.74) is 0.745. The van der Waals surface area contributed by atoms with Gasteiger partial charge in [-0.1, -0.05) is 73.8 Å².